The molecule has 0 heterocycles. The zero-order chi connectivity index (χ0) is 13.0. The van der Waals surface area contributed by atoms with E-state index in [1.54, 1.807) is 12.2 Å². The Morgan fingerprint density at radius 1 is 1.00 bits per heavy atom. The molecule has 0 unspecified atom stereocenters. The highest BCUT2D eigenvalue weighted by atomic mass is 16.4. The summed E-state index contributed by atoms with van der Waals surface area (Å²) in [6.45, 7) is 15.9. The lowest BCUT2D eigenvalue weighted by Gasteiger charge is -1.96. The molecule has 0 atom stereocenters. The molecule has 0 spiro atoms. The van der Waals surface area contributed by atoms with E-state index in [-0.39, 0.29) is 0 Å². The first-order valence-corrected chi connectivity index (χ1v) is 4.61. The van der Waals surface area contributed by atoms with Gasteiger partial charge in [0, 0.05) is 6.92 Å². The summed E-state index contributed by atoms with van der Waals surface area (Å²) in [6.07, 6.45) is 10.8. The number of aliphatic carboxylic acids is 1. The van der Waals surface area contributed by atoms with Crippen molar-refractivity contribution in [1.82, 2.24) is 0 Å². The standard InChI is InChI=1S/C12H14.C2H4O2/c1-5-7-9-11(3)12(4)10-8-6-2;1-2(3)4/h5-10H,1-4H2;1H3,(H,3,4)/b9-7-,10-8-;. The molecule has 0 aromatic carbocycles. The van der Waals surface area contributed by atoms with Crippen LogP contribution in [0.4, 0.5) is 0 Å². The SMILES string of the molecule is C=C/C=C\C(=C)C(=C)/C=C\C=C.CC(=O)O. The molecule has 0 saturated heterocycles. The first-order valence-electron chi connectivity index (χ1n) is 4.61. The van der Waals surface area contributed by atoms with Crippen LogP contribution < -0.4 is 0 Å². The molecule has 0 rings (SSSR count). The Morgan fingerprint density at radius 3 is 1.44 bits per heavy atom. The highest BCUT2D eigenvalue weighted by molar-refractivity contribution is 5.62. The summed E-state index contributed by atoms with van der Waals surface area (Å²) >= 11 is 0. The number of hydrogen-bond acceptors (Lipinski definition) is 1. The van der Waals surface area contributed by atoms with Crippen molar-refractivity contribution in [2.24, 2.45) is 0 Å². The van der Waals surface area contributed by atoms with Gasteiger partial charge in [0.25, 0.3) is 5.97 Å². The maximum Gasteiger partial charge on any atom is 0.300 e. The molecule has 0 aliphatic carbocycles. The van der Waals surface area contributed by atoms with Gasteiger partial charge in [-0.15, -0.1) is 0 Å². The van der Waals surface area contributed by atoms with Crippen molar-refractivity contribution in [2.45, 2.75) is 6.92 Å². The van der Waals surface area contributed by atoms with Gasteiger partial charge in [0.1, 0.15) is 0 Å². The summed E-state index contributed by atoms with van der Waals surface area (Å²) < 4.78 is 0. The van der Waals surface area contributed by atoms with Gasteiger partial charge in [-0.1, -0.05) is 62.8 Å². The van der Waals surface area contributed by atoms with Gasteiger partial charge in [0.2, 0.25) is 0 Å². The van der Waals surface area contributed by atoms with Crippen molar-refractivity contribution in [3.63, 3.8) is 0 Å². The Hall–Kier alpha value is -2.09. The lowest BCUT2D eigenvalue weighted by molar-refractivity contribution is -0.134. The first-order chi connectivity index (χ1) is 7.45. The molecule has 2 nitrogen and oxygen atoms in total. The van der Waals surface area contributed by atoms with Crippen molar-refractivity contribution in [3.8, 4) is 0 Å². The number of allylic oxidation sites excluding steroid dienone is 8. The smallest absolute Gasteiger partial charge is 0.300 e. The molecule has 0 aromatic heterocycles. The normalized spacial score (nSPS) is 9.31. The predicted octanol–water partition coefficient (Wildman–Crippen LogP) is 3.67. The fourth-order valence-corrected chi connectivity index (χ4v) is 0.582. The van der Waals surface area contributed by atoms with Gasteiger partial charge in [0.15, 0.2) is 0 Å². The lowest BCUT2D eigenvalue weighted by atomic mass is 10.1. The van der Waals surface area contributed by atoms with E-state index in [2.05, 4.69) is 26.3 Å². The van der Waals surface area contributed by atoms with E-state index in [9.17, 15) is 0 Å². The third-order valence-electron chi connectivity index (χ3n) is 1.28. The summed E-state index contributed by atoms with van der Waals surface area (Å²) in [5, 5.41) is 7.42. The minimum absolute atomic E-state index is 0.833. The van der Waals surface area contributed by atoms with Crippen LogP contribution in [-0.2, 0) is 4.79 Å². The summed E-state index contributed by atoms with van der Waals surface area (Å²) in [7, 11) is 0. The third kappa shape index (κ3) is 14.4. The molecule has 0 aliphatic rings. The van der Waals surface area contributed by atoms with Crippen LogP contribution in [0.25, 0.3) is 0 Å². The van der Waals surface area contributed by atoms with E-state index in [4.69, 9.17) is 9.90 Å². The van der Waals surface area contributed by atoms with Crippen LogP contribution in [0.3, 0.4) is 0 Å². The van der Waals surface area contributed by atoms with Gasteiger partial charge >= 0.3 is 0 Å². The first kappa shape index (κ1) is 16.3. The second kappa shape index (κ2) is 11.0. The second-order valence-electron chi connectivity index (χ2n) is 2.76. The molecule has 0 saturated carbocycles. The molecule has 0 fully saturated rings. The number of carboxylic acids is 1. The van der Waals surface area contributed by atoms with Gasteiger partial charge in [0.05, 0.1) is 0 Å². The fourth-order valence-electron chi connectivity index (χ4n) is 0.582. The molecule has 16 heavy (non-hydrogen) atoms. The zero-order valence-electron chi connectivity index (χ0n) is 9.65. The number of rotatable bonds is 5. The van der Waals surface area contributed by atoms with Gasteiger partial charge in [-0.3, -0.25) is 4.79 Å². The van der Waals surface area contributed by atoms with Crippen LogP contribution in [0, 0.1) is 0 Å². The number of carboxylic acid groups (broad SMARTS) is 1. The topological polar surface area (TPSA) is 37.3 Å². The van der Waals surface area contributed by atoms with E-state index >= 15 is 0 Å². The van der Waals surface area contributed by atoms with Crippen LogP contribution >= 0.6 is 0 Å². The summed E-state index contributed by atoms with van der Waals surface area (Å²) in [5.41, 5.74) is 1.76. The van der Waals surface area contributed by atoms with Crippen molar-refractivity contribution >= 4 is 5.97 Å². The highest BCUT2D eigenvalue weighted by Crippen LogP contribution is 2.07. The number of carbonyl (C=O) groups is 1. The monoisotopic (exact) mass is 218 g/mol. The minimum Gasteiger partial charge on any atom is -0.481 e. The van der Waals surface area contributed by atoms with E-state index in [0.717, 1.165) is 18.1 Å². The van der Waals surface area contributed by atoms with E-state index in [1.807, 2.05) is 24.3 Å². The number of hydrogen-bond donors (Lipinski definition) is 1. The molecule has 0 bridgehead atoms. The quantitative estimate of drug-likeness (QED) is 0.715. The van der Waals surface area contributed by atoms with Crippen LogP contribution in [0.15, 0.2) is 73.9 Å². The molecule has 86 valence electrons. The third-order valence-corrected chi connectivity index (χ3v) is 1.28. The summed E-state index contributed by atoms with van der Waals surface area (Å²) in [5.74, 6) is -0.833. The van der Waals surface area contributed by atoms with Crippen LogP contribution in [0.2, 0.25) is 0 Å². The Kier molecular flexibility index (Phi) is 11.2. The average Bonchev–Trinajstić information content (AvgIpc) is 2.21. The van der Waals surface area contributed by atoms with Crippen molar-refractivity contribution in [1.29, 1.82) is 0 Å². The Bertz CT molecular complexity index is 299. The predicted molar refractivity (Wildman–Crippen MR) is 70.3 cm³/mol. The van der Waals surface area contributed by atoms with Gasteiger partial charge < -0.3 is 5.11 Å². The summed E-state index contributed by atoms with van der Waals surface area (Å²) in [6, 6.07) is 0. The van der Waals surface area contributed by atoms with Gasteiger partial charge in [-0.25, -0.2) is 0 Å². The molecule has 2 heteroatoms. The lowest BCUT2D eigenvalue weighted by Crippen LogP contribution is -1.78. The Balaban J connectivity index is 0. The molecule has 0 aliphatic heterocycles. The van der Waals surface area contributed by atoms with E-state index < -0.39 is 5.97 Å². The molecule has 1 N–H and O–H groups in total. The van der Waals surface area contributed by atoms with Crippen LogP contribution in [0.5, 0.6) is 0 Å². The maximum absolute atomic E-state index is 9.00. The highest BCUT2D eigenvalue weighted by Gasteiger charge is 1.88. The van der Waals surface area contributed by atoms with Crippen LogP contribution in [0.1, 0.15) is 6.92 Å². The van der Waals surface area contributed by atoms with Gasteiger partial charge in [-0.05, 0) is 11.1 Å². The zero-order valence-corrected chi connectivity index (χ0v) is 9.65. The largest absolute Gasteiger partial charge is 0.481 e. The van der Waals surface area contributed by atoms with Gasteiger partial charge in [-0.2, -0.15) is 0 Å². The van der Waals surface area contributed by atoms with E-state index in [1.165, 1.54) is 0 Å². The van der Waals surface area contributed by atoms with Crippen LogP contribution in [-0.4, -0.2) is 11.1 Å². The summed E-state index contributed by atoms with van der Waals surface area (Å²) in [4.78, 5) is 9.00. The minimum atomic E-state index is -0.833. The molecule has 0 amide bonds. The Morgan fingerprint density at radius 2 is 1.25 bits per heavy atom. The average molecular weight is 218 g/mol. The van der Waals surface area contributed by atoms with Crippen molar-refractivity contribution < 1.29 is 9.90 Å². The molecular weight excluding hydrogens is 200 g/mol. The second-order valence-corrected chi connectivity index (χ2v) is 2.76. The van der Waals surface area contributed by atoms with E-state index in [0.29, 0.717) is 0 Å². The van der Waals surface area contributed by atoms with Crippen molar-refractivity contribution in [2.75, 3.05) is 0 Å². The molecule has 0 aromatic rings. The Labute approximate surface area is 97.3 Å². The molecule has 0 radical (unpaired) electrons. The maximum atomic E-state index is 9.00. The molecular formula is C14H18O2. The van der Waals surface area contributed by atoms with Crippen molar-refractivity contribution in [3.05, 3.63) is 73.9 Å². The fraction of sp³-hybridized carbons (Fsp3) is 0.0714.